The highest BCUT2D eigenvalue weighted by molar-refractivity contribution is 5.72. The molecule has 0 bridgehead atoms. The molecule has 0 unspecified atom stereocenters. The third kappa shape index (κ3) is 6.79. The van der Waals surface area contributed by atoms with Crippen LogP contribution in [0.3, 0.4) is 0 Å². The van der Waals surface area contributed by atoms with Gasteiger partial charge in [0.25, 0.3) is 0 Å². The first-order chi connectivity index (χ1) is 12.9. The Morgan fingerprint density at radius 1 is 1.11 bits per heavy atom. The third-order valence-corrected chi connectivity index (χ3v) is 5.93. The van der Waals surface area contributed by atoms with Crippen molar-refractivity contribution in [3.63, 3.8) is 0 Å². The standard InChI is InChI=1S/C26H39N/c1-6-7-18-27-19-16-21(2)11-8-12-22(3)24-14-9-13-23-15-10-17-26(4,5)25(23)20-24/h8,11-12,16,19-20H,6-7,9-10,13-15,17-18H2,1-5H3/b11-8-,21-16+,22-12+,27-19?. The van der Waals surface area contributed by atoms with Crippen molar-refractivity contribution < 1.29 is 0 Å². The van der Waals surface area contributed by atoms with Crippen LogP contribution in [0.5, 0.6) is 0 Å². The van der Waals surface area contributed by atoms with Crippen LogP contribution in [0.4, 0.5) is 0 Å². The summed E-state index contributed by atoms with van der Waals surface area (Å²) in [5, 5.41) is 0. The molecule has 2 aliphatic carbocycles. The summed E-state index contributed by atoms with van der Waals surface area (Å²) in [5.41, 5.74) is 7.89. The lowest BCUT2D eigenvalue weighted by Crippen LogP contribution is -2.19. The van der Waals surface area contributed by atoms with Crippen LogP contribution in [0, 0.1) is 5.41 Å². The van der Waals surface area contributed by atoms with Crippen molar-refractivity contribution >= 4 is 6.21 Å². The summed E-state index contributed by atoms with van der Waals surface area (Å²) in [6.07, 6.45) is 23.4. The fourth-order valence-electron chi connectivity index (χ4n) is 4.10. The van der Waals surface area contributed by atoms with Gasteiger partial charge in [-0.3, -0.25) is 4.99 Å². The number of rotatable bonds is 7. The predicted octanol–water partition coefficient (Wildman–Crippen LogP) is 7.92. The van der Waals surface area contributed by atoms with E-state index in [9.17, 15) is 0 Å². The summed E-state index contributed by atoms with van der Waals surface area (Å²) >= 11 is 0. The van der Waals surface area contributed by atoms with Crippen LogP contribution in [0.25, 0.3) is 0 Å². The maximum absolute atomic E-state index is 4.42. The zero-order chi connectivity index (χ0) is 19.7. The highest BCUT2D eigenvalue weighted by Gasteiger charge is 2.29. The predicted molar refractivity (Wildman–Crippen MR) is 122 cm³/mol. The van der Waals surface area contributed by atoms with Crippen LogP contribution in [0.1, 0.15) is 86.0 Å². The van der Waals surface area contributed by atoms with E-state index >= 15 is 0 Å². The zero-order valence-electron chi connectivity index (χ0n) is 18.3. The highest BCUT2D eigenvalue weighted by Crippen LogP contribution is 2.45. The van der Waals surface area contributed by atoms with Gasteiger partial charge >= 0.3 is 0 Å². The summed E-state index contributed by atoms with van der Waals surface area (Å²) in [5.74, 6) is 0. The number of unbranched alkanes of at least 4 members (excludes halogenated alkanes) is 1. The lowest BCUT2D eigenvalue weighted by molar-refractivity contribution is 0.373. The molecule has 0 aromatic heterocycles. The largest absolute Gasteiger partial charge is 0.293 e. The molecule has 0 fully saturated rings. The second-order valence-corrected chi connectivity index (χ2v) is 8.81. The molecule has 1 nitrogen and oxygen atoms in total. The first-order valence-corrected chi connectivity index (χ1v) is 10.9. The Labute approximate surface area is 167 Å². The highest BCUT2D eigenvalue weighted by atomic mass is 14.7. The van der Waals surface area contributed by atoms with Crippen molar-refractivity contribution in [2.24, 2.45) is 10.4 Å². The van der Waals surface area contributed by atoms with Crippen LogP contribution < -0.4 is 0 Å². The van der Waals surface area contributed by atoms with Gasteiger partial charge in [-0.15, -0.1) is 0 Å². The normalized spacial score (nSPS) is 21.6. The monoisotopic (exact) mass is 365 g/mol. The van der Waals surface area contributed by atoms with Crippen LogP contribution >= 0.6 is 0 Å². The fraction of sp³-hybridized carbons (Fsp3) is 0.577. The minimum Gasteiger partial charge on any atom is -0.293 e. The molecule has 0 amide bonds. The van der Waals surface area contributed by atoms with Crippen molar-refractivity contribution in [3.05, 3.63) is 58.2 Å². The van der Waals surface area contributed by atoms with Gasteiger partial charge in [0, 0.05) is 12.8 Å². The summed E-state index contributed by atoms with van der Waals surface area (Å²) in [6.45, 7) is 12.4. The topological polar surface area (TPSA) is 12.4 Å². The van der Waals surface area contributed by atoms with Gasteiger partial charge < -0.3 is 0 Å². The Balaban J connectivity index is 2.06. The molecule has 0 aliphatic heterocycles. The number of hydrogen-bond acceptors (Lipinski definition) is 1. The van der Waals surface area contributed by atoms with Gasteiger partial charge in [0.2, 0.25) is 0 Å². The smallest absolute Gasteiger partial charge is 0.0389 e. The average molecular weight is 366 g/mol. The van der Waals surface area contributed by atoms with Gasteiger partial charge in [0.15, 0.2) is 0 Å². The lowest BCUT2D eigenvalue weighted by Gasteiger charge is -2.33. The van der Waals surface area contributed by atoms with Crippen molar-refractivity contribution in [1.82, 2.24) is 0 Å². The van der Waals surface area contributed by atoms with E-state index in [1.165, 1.54) is 68.1 Å². The minimum absolute atomic E-state index is 0.343. The Morgan fingerprint density at radius 2 is 1.89 bits per heavy atom. The fourth-order valence-corrected chi connectivity index (χ4v) is 4.10. The molecular weight excluding hydrogens is 326 g/mol. The molecule has 0 aromatic carbocycles. The summed E-state index contributed by atoms with van der Waals surface area (Å²) in [6, 6.07) is 0. The molecule has 27 heavy (non-hydrogen) atoms. The first-order valence-electron chi connectivity index (χ1n) is 10.9. The molecule has 0 saturated heterocycles. The Bertz CT molecular complexity index is 677. The van der Waals surface area contributed by atoms with Crippen molar-refractivity contribution in [2.45, 2.75) is 86.0 Å². The summed E-state index contributed by atoms with van der Waals surface area (Å²) in [7, 11) is 0. The van der Waals surface area contributed by atoms with E-state index in [-0.39, 0.29) is 0 Å². The summed E-state index contributed by atoms with van der Waals surface area (Å²) in [4.78, 5) is 4.42. The van der Waals surface area contributed by atoms with Crippen LogP contribution in [0.15, 0.2) is 63.2 Å². The molecular formula is C26H39N. The molecule has 0 aromatic rings. The molecule has 0 saturated carbocycles. The van der Waals surface area contributed by atoms with E-state index in [4.69, 9.17) is 0 Å². The molecule has 2 rings (SSSR count). The minimum atomic E-state index is 0.343. The molecule has 148 valence electrons. The Morgan fingerprint density at radius 3 is 2.67 bits per heavy atom. The molecule has 0 heterocycles. The lowest BCUT2D eigenvalue weighted by atomic mass is 9.71. The van der Waals surface area contributed by atoms with Crippen LogP contribution in [-0.4, -0.2) is 12.8 Å². The number of aliphatic imine (C=N–C) groups is 1. The first kappa shape index (κ1) is 21.7. The SMILES string of the molecule is CCCCN=C/C=C(C)/C=C\C=C(/C)C1=CC2=C(CCC1)CCCC2(C)C. The average Bonchev–Trinajstić information content (AvgIpc) is 2.85. The van der Waals surface area contributed by atoms with Crippen LogP contribution in [-0.2, 0) is 0 Å². The van der Waals surface area contributed by atoms with E-state index in [0.717, 1.165) is 6.54 Å². The van der Waals surface area contributed by atoms with E-state index in [2.05, 4.69) is 70.0 Å². The van der Waals surface area contributed by atoms with Gasteiger partial charge in [0.1, 0.15) is 0 Å². The molecule has 1 heteroatoms. The maximum Gasteiger partial charge on any atom is 0.0389 e. The van der Waals surface area contributed by atoms with Gasteiger partial charge in [0.05, 0.1) is 0 Å². The van der Waals surface area contributed by atoms with E-state index in [1.54, 1.807) is 11.1 Å². The molecule has 2 aliphatic rings. The van der Waals surface area contributed by atoms with Crippen molar-refractivity contribution in [2.75, 3.05) is 6.54 Å². The van der Waals surface area contributed by atoms with Crippen molar-refractivity contribution in [1.29, 1.82) is 0 Å². The van der Waals surface area contributed by atoms with Gasteiger partial charge in [-0.1, -0.05) is 57.1 Å². The summed E-state index contributed by atoms with van der Waals surface area (Å²) < 4.78 is 0. The zero-order valence-corrected chi connectivity index (χ0v) is 18.3. The number of nitrogens with zero attached hydrogens (tertiary/aromatic N) is 1. The molecule has 0 atom stereocenters. The molecule has 0 radical (unpaired) electrons. The molecule has 0 N–H and O–H groups in total. The van der Waals surface area contributed by atoms with Crippen LogP contribution in [0.2, 0.25) is 0 Å². The van der Waals surface area contributed by atoms with Crippen molar-refractivity contribution in [3.8, 4) is 0 Å². The maximum atomic E-state index is 4.42. The van der Waals surface area contributed by atoms with E-state index in [0.29, 0.717) is 5.41 Å². The third-order valence-electron chi connectivity index (χ3n) is 5.93. The molecule has 0 spiro atoms. The number of allylic oxidation sites excluding steroid dienone is 10. The quantitative estimate of drug-likeness (QED) is 0.247. The van der Waals surface area contributed by atoms with E-state index in [1.807, 2.05) is 6.21 Å². The van der Waals surface area contributed by atoms with Gasteiger partial charge in [-0.25, -0.2) is 0 Å². The second kappa shape index (κ2) is 10.6. The van der Waals surface area contributed by atoms with E-state index < -0.39 is 0 Å². The second-order valence-electron chi connectivity index (χ2n) is 8.81. The van der Waals surface area contributed by atoms with Gasteiger partial charge in [-0.2, -0.15) is 0 Å². The Kier molecular flexibility index (Phi) is 8.54. The van der Waals surface area contributed by atoms with Gasteiger partial charge in [-0.05, 0) is 92.6 Å². The Hall–Kier alpha value is -1.63. The number of hydrogen-bond donors (Lipinski definition) is 0.